The summed E-state index contributed by atoms with van der Waals surface area (Å²) in [5.74, 6) is -0.0516. The molecule has 0 aromatic rings. The first-order valence-corrected chi connectivity index (χ1v) is 7.57. The molecule has 114 valence electrons. The highest BCUT2D eigenvalue weighted by atomic mass is 16.4. The molecule has 0 aromatic carbocycles. The Hall–Kier alpha value is -1.30. The van der Waals surface area contributed by atoms with Crippen LogP contribution < -0.4 is 11.1 Å². The number of amides is 1. The van der Waals surface area contributed by atoms with Gasteiger partial charge in [0.25, 0.3) is 0 Å². The van der Waals surface area contributed by atoms with Crippen molar-refractivity contribution in [2.24, 2.45) is 16.3 Å². The van der Waals surface area contributed by atoms with Gasteiger partial charge in [-0.2, -0.15) is 0 Å². The first kappa shape index (κ1) is 15.1. The quantitative estimate of drug-likeness (QED) is 0.292. The van der Waals surface area contributed by atoms with E-state index in [1.165, 1.54) is 25.7 Å². The predicted octanol–water partition coefficient (Wildman–Crippen LogP) is 0.894. The lowest BCUT2D eigenvalue weighted by Crippen LogP contribution is -2.54. The van der Waals surface area contributed by atoms with Crippen molar-refractivity contribution in [2.45, 2.75) is 51.0 Å². The molecule has 2 aliphatic carbocycles. The number of nitrogens with zero attached hydrogens (tertiary/aromatic N) is 2. The summed E-state index contributed by atoms with van der Waals surface area (Å²) in [6, 6.07) is 0.661. The van der Waals surface area contributed by atoms with E-state index in [2.05, 4.69) is 22.4 Å². The lowest BCUT2D eigenvalue weighted by atomic mass is 9.67. The van der Waals surface area contributed by atoms with Gasteiger partial charge in [0.2, 0.25) is 5.91 Å². The average Bonchev–Trinajstić information content (AvgIpc) is 2.90. The number of carbonyl (C=O) groups excluding carboxylic acids is 1. The molecule has 0 radical (unpaired) electrons. The third kappa shape index (κ3) is 2.90. The summed E-state index contributed by atoms with van der Waals surface area (Å²) in [6.07, 6.45) is 7.45. The summed E-state index contributed by atoms with van der Waals surface area (Å²) in [5, 5.41) is 14.8. The largest absolute Gasteiger partial charge is 0.409 e. The number of amidine groups is 1. The number of oxime groups is 1. The molecular weight excluding hydrogens is 256 g/mol. The molecule has 2 aliphatic rings. The van der Waals surface area contributed by atoms with E-state index in [1.807, 2.05) is 0 Å². The number of nitrogens with one attached hydrogen (secondary N) is 1. The van der Waals surface area contributed by atoms with Crippen molar-refractivity contribution in [2.75, 3.05) is 20.1 Å². The van der Waals surface area contributed by atoms with Crippen molar-refractivity contribution in [3.8, 4) is 0 Å². The number of nitrogens with two attached hydrogens (primary N) is 1. The molecule has 2 rings (SSSR count). The maximum Gasteiger partial charge on any atom is 0.233 e. The first-order chi connectivity index (χ1) is 9.60. The molecule has 6 nitrogen and oxygen atoms in total. The Bertz CT molecular complexity index is 373. The Kier molecular flexibility index (Phi) is 4.86. The number of hydrogen-bond donors (Lipinski definition) is 3. The summed E-state index contributed by atoms with van der Waals surface area (Å²) in [6.45, 7) is 1.47. The molecule has 20 heavy (non-hydrogen) atoms. The fourth-order valence-corrected chi connectivity index (χ4v) is 3.27. The van der Waals surface area contributed by atoms with E-state index in [0.29, 0.717) is 25.4 Å². The molecule has 1 amide bonds. The normalized spacial score (nSPS) is 22.8. The van der Waals surface area contributed by atoms with Gasteiger partial charge in [-0.05, 0) is 32.7 Å². The molecule has 4 N–H and O–H groups in total. The maximum atomic E-state index is 12.2. The van der Waals surface area contributed by atoms with Crippen LogP contribution >= 0.6 is 0 Å². The van der Waals surface area contributed by atoms with Gasteiger partial charge in [-0.15, -0.1) is 0 Å². The van der Waals surface area contributed by atoms with Crippen molar-refractivity contribution in [3.05, 3.63) is 0 Å². The maximum absolute atomic E-state index is 12.2. The highest BCUT2D eigenvalue weighted by Crippen LogP contribution is 2.41. The van der Waals surface area contributed by atoms with Crippen molar-refractivity contribution < 1.29 is 10.0 Å². The van der Waals surface area contributed by atoms with Gasteiger partial charge in [-0.25, -0.2) is 0 Å². The fraction of sp³-hybridized carbons (Fsp3) is 0.857. The molecule has 0 aromatic heterocycles. The van der Waals surface area contributed by atoms with E-state index < -0.39 is 5.41 Å². The number of carbonyl (C=O) groups is 1. The van der Waals surface area contributed by atoms with Crippen LogP contribution in [0.5, 0.6) is 0 Å². The second kappa shape index (κ2) is 6.43. The first-order valence-electron chi connectivity index (χ1n) is 7.57. The Morgan fingerprint density at radius 1 is 1.40 bits per heavy atom. The minimum Gasteiger partial charge on any atom is -0.409 e. The van der Waals surface area contributed by atoms with E-state index in [1.54, 1.807) is 0 Å². The van der Waals surface area contributed by atoms with Gasteiger partial charge in [0.15, 0.2) is 5.84 Å². The van der Waals surface area contributed by atoms with Crippen LogP contribution in [-0.2, 0) is 4.79 Å². The van der Waals surface area contributed by atoms with E-state index in [4.69, 9.17) is 10.9 Å². The Morgan fingerprint density at radius 2 is 2.05 bits per heavy atom. The second-order valence-electron chi connectivity index (χ2n) is 6.10. The van der Waals surface area contributed by atoms with E-state index in [9.17, 15) is 4.79 Å². The standard InChI is InChI=1S/C14H26N4O2/c1-18(11-5-2-3-6-11)10-9-16-13(19)14(7-4-8-14)12(15)17-20/h11,20H,2-10H2,1H3,(H2,15,17)(H,16,19). The van der Waals surface area contributed by atoms with Crippen molar-refractivity contribution in [3.63, 3.8) is 0 Å². The van der Waals surface area contributed by atoms with Crippen LogP contribution in [0.1, 0.15) is 44.9 Å². The highest BCUT2D eigenvalue weighted by Gasteiger charge is 2.48. The van der Waals surface area contributed by atoms with Gasteiger partial charge in [-0.3, -0.25) is 4.79 Å². The highest BCUT2D eigenvalue weighted by molar-refractivity contribution is 6.07. The van der Waals surface area contributed by atoms with Crippen LogP contribution in [0.15, 0.2) is 5.16 Å². The van der Waals surface area contributed by atoms with Crippen LogP contribution in [0.4, 0.5) is 0 Å². The molecule has 0 bridgehead atoms. The molecule has 2 saturated carbocycles. The number of hydrogen-bond acceptors (Lipinski definition) is 4. The van der Waals surface area contributed by atoms with Gasteiger partial charge in [0.1, 0.15) is 5.41 Å². The van der Waals surface area contributed by atoms with E-state index in [0.717, 1.165) is 13.0 Å². The van der Waals surface area contributed by atoms with Crippen LogP contribution in [-0.4, -0.2) is 48.0 Å². The van der Waals surface area contributed by atoms with Crippen LogP contribution in [0.25, 0.3) is 0 Å². The van der Waals surface area contributed by atoms with E-state index in [-0.39, 0.29) is 11.7 Å². The topological polar surface area (TPSA) is 91.0 Å². The molecule has 6 heteroatoms. The van der Waals surface area contributed by atoms with Gasteiger partial charge in [-0.1, -0.05) is 24.4 Å². The molecule has 0 aliphatic heterocycles. The van der Waals surface area contributed by atoms with Crippen molar-refractivity contribution >= 4 is 11.7 Å². The predicted molar refractivity (Wildman–Crippen MR) is 77.6 cm³/mol. The van der Waals surface area contributed by atoms with Crippen LogP contribution in [0.3, 0.4) is 0 Å². The number of rotatable bonds is 6. The fourth-order valence-electron chi connectivity index (χ4n) is 3.27. The Balaban J connectivity index is 1.77. The molecule has 0 saturated heterocycles. The second-order valence-corrected chi connectivity index (χ2v) is 6.10. The monoisotopic (exact) mass is 282 g/mol. The lowest BCUT2D eigenvalue weighted by molar-refractivity contribution is -0.131. The summed E-state index contributed by atoms with van der Waals surface area (Å²) in [5.41, 5.74) is 4.91. The SMILES string of the molecule is CN(CCNC(=O)C1(C(N)=NO)CCC1)C1CCCC1. The Morgan fingerprint density at radius 3 is 2.55 bits per heavy atom. The van der Waals surface area contributed by atoms with Gasteiger partial charge in [0.05, 0.1) is 0 Å². The summed E-state index contributed by atoms with van der Waals surface area (Å²) >= 11 is 0. The minimum atomic E-state index is -0.763. The third-order valence-corrected chi connectivity index (χ3v) is 4.94. The minimum absolute atomic E-state index is 0.0467. The summed E-state index contributed by atoms with van der Waals surface area (Å²) in [7, 11) is 2.12. The molecule has 0 spiro atoms. The van der Waals surface area contributed by atoms with Crippen LogP contribution in [0, 0.1) is 5.41 Å². The van der Waals surface area contributed by atoms with Gasteiger partial charge >= 0.3 is 0 Å². The lowest BCUT2D eigenvalue weighted by Gasteiger charge is -2.38. The molecule has 0 heterocycles. The average molecular weight is 282 g/mol. The smallest absolute Gasteiger partial charge is 0.233 e. The molecular formula is C14H26N4O2. The molecule has 0 unspecified atom stereocenters. The van der Waals surface area contributed by atoms with E-state index >= 15 is 0 Å². The third-order valence-electron chi connectivity index (χ3n) is 4.94. The zero-order chi connectivity index (χ0) is 14.6. The van der Waals surface area contributed by atoms with Gasteiger partial charge in [0, 0.05) is 19.1 Å². The van der Waals surface area contributed by atoms with Gasteiger partial charge < -0.3 is 21.2 Å². The summed E-state index contributed by atoms with van der Waals surface area (Å²) in [4.78, 5) is 14.6. The Labute approximate surface area is 120 Å². The molecule has 0 atom stereocenters. The van der Waals surface area contributed by atoms with Crippen molar-refractivity contribution in [1.82, 2.24) is 10.2 Å². The zero-order valence-electron chi connectivity index (χ0n) is 12.3. The zero-order valence-corrected chi connectivity index (χ0v) is 12.3. The summed E-state index contributed by atoms with van der Waals surface area (Å²) < 4.78 is 0. The van der Waals surface area contributed by atoms with Crippen molar-refractivity contribution in [1.29, 1.82) is 0 Å². The van der Waals surface area contributed by atoms with Crippen LogP contribution in [0.2, 0.25) is 0 Å². The molecule has 2 fully saturated rings. The number of likely N-dealkylation sites (N-methyl/N-ethyl adjacent to an activating group) is 1.